The van der Waals surface area contributed by atoms with Crippen LogP contribution in [0.2, 0.25) is 0 Å². The third kappa shape index (κ3) is 3.03. The summed E-state index contributed by atoms with van der Waals surface area (Å²) in [5, 5.41) is 9.55. The molecule has 136 valence electrons. The molecule has 4 rings (SSSR count). The monoisotopic (exact) mass is 367 g/mol. The molecule has 0 saturated carbocycles. The van der Waals surface area contributed by atoms with Gasteiger partial charge in [-0.3, -0.25) is 5.41 Å². The van der Waals surface area contributed by atoms with E-state index >= 15 is 0 Å². The number of rotatable bonds is 3. The van der Waals surface area contributed by atoms with E-state index in [9.17, 15) is 13.2 Å². The molecule has 0 aliphatic carbocycles. The van der Waals surface area contributed by atoms with Crippen LogP contribution < -0.4 is 5.73 Å². The molecular formula is C21H16F3N3. The maximum atomic E-state index is 13.0. The van der Waals surface area contributed by atoms with Crippen LogP contribution in [-0.2, 0) is 12.7 Å². The Bertz CT molecular complexity index is 1170. The van der Waals surface area contributed by atoms with Gasteiger partial charge in [0.2, 0.25) is 0 Å². The lowest BCUT2D eigenvalue weighted by Crippen LogP contribution is -2.10. The molecule has 6 heteroatoms. The van der Waals surface area contributed by atoms with Crippen molar-refractivity contribution in [1.29, 1.82) is 5.41 Å². The Balaban J connectivity index is 1.90. The van der Waals surface area contributed by atoms with Gasteiger partial charge in [0.1, 0.15) is 5.84 Å². The van der Waals surface area contributed by atoms with E-state index < -0.39 is 11.7 Å². The largest absolute Gasteiger partial charge is 0.416 e. The summed E-state index contributed by atoms with van der Waals surface area (Å²) in [7, 11) is 0. The fraction of sp³-hybridized carbons (Fsp3) is 0.0952. The lowest BCUT2D eigenvalue weighted by molar-refractivity contribution is -0.137. The molecule has 3 nitrogen and oxygen atoms in total. The Morgan fingerprint density at radius 3 is 2.37 bits per heavy atom. The summed E-state index contributed by atoms with van der Waals surface area (Å²) in [6, 6.07) is 18.6. The highest BCUT2D eigenvalue weighted by molar-refractivity contribution is 6.10. The molecule has 0 radical (unpaired) electrons. The van der Waals surface area contributed by atoms with E-state index in [2.05, 4.69) is 0 Å². The van der Waals surface area contributed by atoms with Gasteiger partial charge in [0.25, 0.3) is 0 Å². The van der Waals surface area contributed by atoms with Gasteiger partial charge in [0, 0.05) is 33.9 Å². The van der Waals surface area contributed by atoms with Gasteiger partial charge < -0.3 is 10.3 Å². The second-order valence-electron chi connectivity index (χ2n) is 6.45. The summed E-state index contributed by atoms with van der Waals surface area (Å²) in [6.07, 6.45) is -4.37. The number of nitrogens with two attached hydrogens (primary N) is 1. The fourth-order valence-corrected chi connectivity index (χ4v) is 3.42. The van der Waals surface area contributed by atoms with Crippen LogP contribution in [0.25, 0.3) is 21.8 Å². The Morgan fingerprint density at radius 1 is 0.889 bits per heavy atom. The summed E-state index contributed by atoms with van der Waals surface area (Å²) >= 11 is 0. The summed E-state index contributed by atoms with van der Waals surface area (Å²) in [5.74, 6) is -0.0217. The van der Waals surface area contributed by atoms with E-state index in [4.69, 9.17) is 11.1 Å². The van der Waals surface area contributed by atoms with Gasteiger partial charge in [0.05, 0.1) is 5.56 Å². The highest BCUT2D eigenvalue weighted by atomic mass is 19.4. The Morgan fingerprint density at radius 2 is 1.63 bits per heavy atom. The lowest BCUT2D eigenvalue weighted by Gasteiger charge is -2.11. The second-order valence-corrected chi connectivity index (χ2v) is 6.45. The van der Waals surface area contributed by atoms with Crippen LogP contribution in [0.15, 0.2) is 66.7 Å². The fourth-order valence-electron chi connectivity index (χ4n) is 3.42. The summed E-state index contributed by atoms with van der Waals surface area (Å²) < 4.78 is 41.1. The number of amidine groups is 1. The van der Waals surface area contributed by atoms with Crippen LogP contribution in [0.3, 0.4) is 0 Å². The zero-order valence-electron chi connectivity index (χ0n) is 14.2. The predicted molar refractivity (Wildman–Crippen MR) is 101 cm³/mol. The van der Waals surface area contributed by atoms with Gasteiger partial charge in [-0.25, -0.2) is 0 Å². The number of alkyl halides is 3. The van der Waals surface area contributed by atoms with E-state index in [1.54, 1.807) is 12.1 Å². The molecule has 0 saturated heterocycles. The van der Waals surface area contributed by atoms with Gasteiger partial charge in [-0.2, -0.15) is 13.2 Å². The molecule has 27 heavy (non-hydrogen) atoms. The van der Waals surface area contributed by atoms with Crippen molar-refractivity contribution in [2.75, 3.05) is 0 Å². The zero-order valence-corrected chi connectivity index (χ0v) is 14.2. The van der Waals surface area contributed by atoms with Crippen LogP contribution in [0.5, 0.6) is 0 Å². The van der Waals surface area contributed by atoms with Crippen molar-refractivity contribution >= 4 is 27.6 Å². The number of fused-ring (bicyclic) bond motifs is 3. The highest BCUT2D eigenvalue weighted by Gasteiger charge is 2.30. The molecule has 0 aliphatic heterocycles. The molecule has 0 amide bonds. The number of nitrogens with one attached hydrogen (secondary N) is 1. The van der Waals surface area contributed by atoms with Crippen LogP contribution in [0.4, 0.5) is 13.2 Å². The molecule has 0 atom stereocenters. The van der Waals surface area contributed by atoms with Crippen molar-refractivity contribution in [3.05, 3.63) is 83.4 Å². The smallest absolute Gasteiger partial charge is 0.384 e. The summed E-state index contributed by atoms with van der Waals surface area (Å²) in [4.78, 5) is 0. The van der Waals surface area contributed by atoms with Gasteiger partial charge in [-0.15, -0.1) is 0 Å². The Kier molecular flexibility index (Phi) is 3.91. The zero-order chi connectivity index (χ0) is 19.2. The lowest BCUT2D eigenvalue weighted by atomic mass is 10.1. The van der Waals surface area contributed by atoms with Crippen molar-refractivity contribution in [1.82, 2.24) is 4.57 Å². The van der Waals surface area contributed by atoms with Gasteiger partial charge in [-0.1, -0.05) is 30.3 Å². The van der Waals surface area contributed by atoms with Crippen molar-refractivity contribution in [2.45, 2.75) is 12.7 Å². The molecule has 3 aromatic carbocycles. The van der Waals surface area contributed by atoms with E-state index in [-0.39, 0.29) is 5.84 Å². The van der Waals surface area contributed by atoms with Crippen LogP contribution in [-0.4, -0.2) is 10.4 Å². The van der Waals surface area contributed by atoms with Gasteiger partial charge >= 0.3 is 6.18 Å². The van der Waals surface area contributed by atoms with Gasteiger partial charge in [0.15, 0.2) is 0 Å². The molecule has 0 bridgehead atoms. The number of hydrogen-bond acceptors (Lipinski definition) is 1. The maximum Gasteiger partial charge on any atom is 0.416 e. The molecule has 0 spiro atoms. The van der Waals surface area contributed by atoms with E-state index in [0.29, 0.717) is 17.7 Å². The average molecular weight is 367 g/mol. The van der Waals surface area contributed by atoms with Crippen molar-refractivity contribution in [3.8, 4) is 0 Å². The average Bonchev–Trinajstić information content (AvgIpc) is 2.95. The number of aromatic nitrogens is 1. The van der Waals surface area contributed by atoms with Gasteiger partial charge in [-0.05, 0) is 42.0 Å². The minimum Gasteiger partial charge on any atom is -0.384 e. The van der Waals surface area contributed by atoms with Crippen LogP contribution in [0.1, 0.15) is 16.7 Å². The first-order valence-electron chi connectivity index (χ1n) is 8.36. The molecule has 3 N–H and O–H groups in total. The standard InChI is InChI=1S/C21H16F3N3/c22-21(23,24)15-5-3-4-13(10-15)12-27-18-7-2-1-6-16(18)17-11-14(20(25)26)8-9-19(17)27/h1-11H,12H2,(H3,25,26). The number of nitrogen functional groups attached to an aromatic ring is 1. The number of hydrogen-bond donors (Lipinski definition) is 2. The molecule has 4 aromatic rings. The normalized spacial score (nSPS) is 12.0. The maximum absolute atomic E-state index is 13.0. The number of benzene rings is 3. The van der Waals surface area contributed by atoms with Crippen LogP contribution in [0, 0.1) is 5.41 Å². The van der Waals surface area contributed by atoms with E-state index in [1.807, 2.05) is 41.0 Å². The Labute approximate surface area is 153 Å². The van der Waals surface area contributed by atoms with Crippen molar-refractivity contribution in [2.24, 2.45) is 5.73 Å². The first-order valence-corrected chi connectivity index (χ1v) is 8.36. The summed E-state index contributed by atoms with van der Waals surface area (Å²) in [6.45, 7) is 0.313. The third-order valence-corrected chi connectivity index (χ3v) is 4.68. The molecule has 1 heterocycles. The topological polar surface area (TPSA) is 54.8 Å². The van der Waals surface area contributed by atoms with Crippen molar-refractivity contribution < 1.29 is 13.2 Å². The molecule has 0 fully saturated rings. The third-order valence-electron chi connectivity index (χ3n) is 4.68. The predicted octanol–water partition coefficient (Wildman–Crippen LogP) is 5.15. The first-order chi connectivity index (χ1) is 12.8. The molecular weight excluding hydrogens is 351 g/mol. The quantitative estimate of drug-likeness (QED) is 0.382. The first kappa shape index (κ1) is 17.1. The minimum atomic E-state index is -4.37. The number of nitrogens with zero attached hydrogens (tertiary/aromatic N) is 1. The Hall–Kier alpha value is -3.28. The number of halogens is 3. The minimum absolute atomic E-state index is 0.0217. The highest BCUT2D eigenvalue weighted by Crippen LogP contribution is 2.32. The van der Waals surface area contributed by atoms with Crippen LogP contribution >= 0.6 is 0 Å². The second kappa shape index (κ2) is 6.16. The molecule has 0 aliphatic rings. The molecule has 0 unspecified atom stereocenters. The molecule has 1 aromatic heterocycles. The number of para-hydroxylation sites is 1. The SMILES string of the molecule is N=C(N)c1ccc2c(c1)c1ccccc1n2Cc1cccc(C(F)(F)F)c1. The summed E-state index contributed by atoms with van der Waals surface area (Å²) in [5.41, 5.74) is 7.95. The van der Waals surface area contributed by atoms with E-state index in [1.165, 1.54) is 12.1 Å². The van der Waals surface area contributed by atoms with E-state index in [0.717, 1.165) is 27.9 Å². The van der Waals surface area contributed by atoms with Crippen molar-refractivity contribution in [3.63, 3.8) is 0 Å².